The van der Waals surface area contributed by atoms with E-state index in [9.17, 15) is 0 Å². The Hall–Kier alpha value is -5.78. The fraction of sp³-hybridized carbons (Fsp3) is 0.0476. The highest BCUT2D eigenvalue weighted by atomic mass is 28.3. The molecule has 47 heavy (non-hydrogen) atoms. The molecule has 6 aromatic carbocycles. The van der Waals surface area contributed by atoms with Crippen molar-refractivity contribution in [1.29, 1.82) is 0 Å². The average molecular weight is 620 g/mol. The maximum atomic E-state index is 6.32. The van der Waals surface area contributed by atoms with Crippen LogP contribution in [0.4, 0.5) is 0 Å². The van der Waals surface area contributed by atoms with Crippen LogP contribution in [0, 0.1) is 0 Å². The highest BCUT2D eigenvalue weighted by Gasteiger charge is 2.42. The van der Waals surface area contributed by atoms with E-state index in [0.29, 0.717) is 0 Å². The molecule has 0 saturated carbocycles. The van der Waals surface area contributed by atoms with E-state index >= 15 is 0 Å². The number of para-hydroxylation sites is 2. The van der Waals surface area contributed by atoms with Gasteiger partial charge in [0.25, 0.3) is 0 Å². The molecule has 0 spiro atoms. The molecule has 0 aliphatic carbocycles. The van der Waals surface area contributed by atoms with E-state index in [1.165, 1.54) is 37.7 Å². The van der Waals surface area contributed by atoms with Crippen molar-refractivity contribution in [3.63, 3.8) is 0 Å². The molecule has 0 saturated heterocycles. The topological polar surface area (TPSA) is 43.9 Å². The number of furan rings is 1. The zero-order valence-electron chi connectivity index (χ0n) is 26.0. The standard InChI is InChI=1S/C42H29N3OSi/c1-47(2)38-23-28(45-34-19-11-9-17-29(34)32-25-37-33(24-35(32)45)30-18-10-12-20-36(30)46-37)21-22-31(38)40-41(47)39(26-13-5-3-6-14-26)43-42(44-40)27-15-7-4-8-16-27/h3-25H,1-2H3. The fourth-order valence-corrected chi connectivity index (χ4v) is 11.0. The summed E-state index contributed by atoms with van der Waals surface area (Å²) in [5.74, 6) is 0.767. The Morgan fingerprint density at radius 2 is 1.21 bits per heavy atom. The van der Waals surface area contributed by atoms with Gasteiger partial charge in [-0.15, -0.1) is 0 Å². The molecule has 1 aliphatic heterocycles. The van der Waals surface area contributed by atoms with Gasteiger partial charge in [0.05, 0.1) is 22.4 Å². The molecule has 0 amide bonds. The molecule has 10 rings (SSSR count). The first-order chi connectivity index (χ1) is 23.1. The lowest BCUT2D eigenvalue weighted by atomic mass is 10.1. The number of aromatic nitrogens is 3. The molecule has 0 atom stereocenters. The second-order valence-corrected chi connectivity index (χ2v) is 17.3. The van der Waals surface area contributed by atoms with Crippen LogP contribution in [-0.4, -0.2) is 22.6 Å². The van der Waals surface area contributed by atoms with E-state index < -0.39 is 8.07 Å². The molecular formula is C42H29N3OSi. The zero-order chi connectivity index (χ0) is 31.3. The van der Waals surface area contributed by atoms with Crippen molar-refractivity contribution in [3.8, 4) is 39.6 Å². The minimum absolute atomic E-state index is 0.767. The lowest BCUT2D eigenvalue weighted by Crippen LogP contribution is -2.50. The minimum Gasteiger partial charge on any atom is -0.456 e. The molecule has 9 aromatic rings. The number of rotatable bonds is 3. The Morgan fingerprint density at radius 3 is 2.02 bits per heavy atom. The first-order valence-corrected chi connectivity index (χ1v) is 19.1. The molecule has 0 bridgehead atoms. The summed E-state index contributed by atoms with van der Waals surface area (Å²) in [7, 11) is -2.23. The van der Waals surface area contributed by atoms with Gasteiger partial charge in [0.1, 0.15) is 19.2 Å². The zero-order valence-corrected chi connectivity index (χ0v) is 27.0. The fourth-order valence-electron chi connectivity index (χ4n) is 7.76. The van der Waals surface area contributed by atoms with Crippen molar-refractivity contribution in [3.05, 3.63) is 140 Å². The molecule has 4 nitrogen and oxygen atoms in total. The third-order valence-electron chi connectivity index (χ3n) is 9.97. The van der Waals surface area contributed by atoms with E-state index in [0.717, 1.165) is 56.0 Å². The average Bonchev–Trinajstić information content (AvgIpc) is 3.72. The van der Waals surface area contributed by atoms with Crippen LogP contribution >= 0.6 is 0 Å². The second-order valence-electron chi connectivity index (χ2n) is 13.0. The molecule has 222 valence electrons. The van der Waals surface area contributed by atoms with E-state index in [4.69, 9.17) is 14.4 Å². The van der Waals surface area contributed by atoms with Crippen molar-refractivity contribution in [2.24, 2.45) is 0 Å². The minimum atomic E-state index is -2.23. The van der Waals surface area contributed by atoms with Crippen LogP contribution in [0.15, 0.2) is 144 Å². The molecule has 3 aromatic heterocycles. The third-order valence-corrected chi connectivity index (χ3v) is 13.5. The molecule has 0 unspecified atom stereocenters. The summed E-state index contributed by atoms with van der Waals surface area (Å²) < 4.78 is 8.75. The van der Waals surface area contributed by atoms with Gasteiger partial charge >= 0.3 is 0 Å². The first-order valence-electron chi connectivity index (χ1n) is 16.1. The maximum Gasteiger partial charge on any atom is 0.160 e. The Balaban J connectivity index is 1.24. The molecule has 0 radical (unpaired) electrons. The largest absolute Gasteiger partial charge is 0.456 e. The van der Waals surface area contributed by atoms with Gasteiger partial charge < -0.3 is 8.98 Å². The van der Waals surface area contributed by atoms with Crippen LogP contribution < -0.4 is 10.4 Å². The number of hydrogen-bond acceptors (Lipinski definition) is 3. The summed E-state index contributed by atoms with van der Waals surface area (Å²) in [4.78, 5) is 10.6. The Bertz CT molecular complexity index is 2710. The van der Waals surface area contributed by atoms with Gasteiger partial charge in [-0.2, -0.15) is 0 Å². The quantitative estimate of drug-likeness (QED) is 0.185. The lowest BCUT2D eigenvalue weighted by Gasteiger charge is -2.22. The van der Waals surface area contributed by atoms with Crippen molar-refractivity contribution in [2.45, 2.75) is 13.1 Å². The van der Waals surface area contributed by atoms with E-state index in [2.05, 4.69) is 139 Å². The van der Waals surface area contributed by atoms with Crippen LogP contribution in [-0.2, 0) is 0 Å². The SMILES string of the molecule is C[Si]1(C)c2cc(-n3c4ccccc4c4cc5oc6ccccc6c5cc43)ccc2-c2nc(-c3ccccc3)nc(-c3ccccc3)c21. The van der Waals surface area contributed by atoms with Crippen LogP contribution in [0.25, 0.3) is 83.3 Å². The van der Waals surface area contributed by atoms with E-state index in [-0.39, 0.29) is 0 Å². The Morgan fingerprint density at radius 1 is 0.532 bits per heavy atom. The van der Waals surface area contributed by atoms with Gasteiger partial charge in [-0.25, -0.2) is 9.97 Å². The highest BCUT2D eigenvalue weighted by Crippen LogP contribution is 2.39. The van der Waals surface area contributed by atoms with Crippen molar-refractivity contribution < 1.29 is 4.42 Å². The van der Waals surface area contributed by atoms with Crippen molar-refractivity contribution in [2.75, 3.05) is 0 Å². The smallest absolute Gasteiger partial charge is 0.160 e. The Kier molecular flexibility index (Phi) is 5.41. The van der Waals surface area contributed by atoms with Crippen LogP contribution in [0.2, 0.25) is 13.1 Å². The summed E-state index contributed by atoms with van der Waals surface area (Å²) in [6.45, 7) is 4.90. The van der Waals surface area contributed by atoms with Crippen LogP contribution in [0.5, 0.6) is 0 Å². The highest BCUT2D eigenvalue weighted by molar-refractivity contribution is 7.04. The van der Waals surface area contributed by atoms with Gasteiger partial charge in [-0.05, 0) is 52.3 Å². The van der Waals surface area contributed by atoms with Crippen LogP contribution in [0.1, 0.15) is 0 Å². The lowest BCUT2D eigenvalue weighted by molar-refractivity contribution is 0.669. The van der Waals surface area contributed by atoms with Gasteiger partial charge in [0.15, 0.2) is 5.82 Å². The molecule has 0 N–H and O–H groups in total. The van der Waals surface area contributed by atoms with Gasteiger partial charge in [0, 0.05) is 38.4 Å². The first kappa shape index (κ1) is 26.4. The van der Waals surface area contributed by atoms with Gasteiger partial charge in [-0.3, -0.25) is 0 Å². The number of nitrogens with zero attached hydrogens (tertiary/aromatic N) is 3. The third kappa shape index (κ3) is 3.75. The van der Waals surface area contributed by atoms with E-state index in [1.807, 2.05) is 18.2 Å². The molecule has 5 heteroatoms. The molecular weight excluding hydrogens is 591 g/mol. The predicted molar refractivity (Wildman–Crippen MR) is 197 cm³/mol. The second kappa shape index (κ2) is 9.61. The van der Waals surface area contributed by atoms with Crippen molar-refractivity contribution in [1.82, 2.24) is 14.5 Å². The summed E-state index contributed by atoms with van der Waals surface area (Å²) in [5, 5.41) is 7.39. The summed E-state index contributed by atoms with van der Waals surface area (Å²) in [6, 6.07) is 49.5. The molecule has 1 aliphatic rings. The Labute approximate surface area is 272 Å². The monoisotopic (exact) mass is 619 g/mol. The molecule has 4 heterocycles. The predicted octanol–water partition coefficient (Wildman–Crippen LogP) is 9.61. The van der Waals surface area contributed by atoms with Gasteiger partial charge in [0.2, 0.25) is 0 Å². The van der Waals surface area contributed by atoms with E-state index in [1.54, 1.807) is 0 Å². The van der Waals surface area contributed by atoms with Crippen LogP contribution in [0.3, 0.4) is 0 Å². The molecule has 0 fully saturated rings. The summed E-state index contributed by atoms with van der Waals surface area (Å²) in [5.41, 5.74) is 10.9. The number of hydrogen-bond donors (Lipinski definition) is 0. The van der Waals surface area contributed by atoms with Crippen molar-refractivity contribution >= 4 is 62.2 Å². The summed E-state index contributed by atoms with van der Waals surface area (Å²) >= 11 is 0. The number of benzene rings is 6. The summed E-state index contributed by atoms with van der Waals surface area (Å²) in [6.07, 6.45) is 0. The van der Waals surface area contributed by atoms with Gasteiger partial charge in [-0.1, -0.05) is 116 Å². The number of fused-ring (bicyclic) bond motifs is 9. The maximum absolute atomic E-state index is 6.32. The normalized spacial score (nSPS) is 13.5.